The first-order valence-corrected chi connectivity index (χ1v) is 4.97. The number of rotatable bonds is 3. The van der Waals surface area contributed by atoms with Crippen LogP contribution in [0.5, 0.6) is 0 Å². The molecule has 1 aromatic rings. The first-order chi connectivity index (χ1) is 8.75. The van der Waals surface area contributed by atoms with E-state index in [1.165, 1.54) is 0 Å². The molecule has 0 atom stereocenters. The maximum absolute atomic E-state index is 12.3. The third-order valence-electron chi connectivity index (χ3n) is 2.12. The average molecular weight is 271 g/mol. The molecule has 0 bridgehead atoms. The molecule has 100 valence electrons. The second kappa shape index (κ2) is 5.45. The van der Waals surface area contributed by atoms with Gasteiger partial charge in [0.25, 0.3) is 0 Å². The summed E-state index contributed by atoms with van der Waals surface area (Å²) < 4.78 is 36.9. The molecule has 0 aliphatic rings. The summed E-state index contributed by atoms with van der Waals surface area (Å²) in [5, 5.41) is 2.14. The van der Waals surface area contributed by atoms with Crippen molar-refractivity contribution in [2.24, 2.45) is 0 Å². The molecule has 1 rings (SSSR count). The topological polar surface area (TPSA) is 82.6 Å². The number of ketones is 1. The molecule has 1 aromatic carbocycles. The Morgan fingerprint density at radius 3 is 2.11 bits per heavy atom. The van der Waals surface area contributed by atoms with Crippen LogP contribution in [0.4, 0.5) is 18.9 Å². The SMILES string of the molecule is CC(=O)C(=[N+]=[N-])C(=O)Nc1ccc(C(F)(F)F)cc1. The lowest BCUT2D eigenvalue weighted by atomic mass is 10.2. The van der Waals surface area contributed by atoms with Gasteiger partial charge in [-0.2, -0.15) is 18.0 Å². The minimum absolute atomic E-state index is 0.0420. The number of alkyl halides is 3. The fraction of sp³-hybridized carbons (Fsp3) is 0.182. The Morgan fingerprint density at radius 1 is 1.21 bits per heavy atom. The molecule has 0 aliphatic heterocycles. The van der Waals surface area contributed by atoms with Crippen LogP contribution in [0.3, 0.4) is 0 Å². The maximum Gasteiger partial charge on any atom is 0.421 e. The molecule has 5 nitrogen and oxygen atoms in total. The van der Waals surface area contributed by atoms with E-state index in [4.69, 9.17) is 5.53 Å². The molecule has 0 aromatic heterocycles. The van der Waals surface area contributed by atoms with Crippen molar-refractivity contribution >= 4 is 23.1 Å². The number of nitrogens with one attached hydrogen (secondary N) is 1. The number of carbonyl (C=O) groups excluding carboxylic acids is 2. The van der Waals surface area contributed by atoms with Gasteiger partial charge in [-0.1, -0.05) is 0 Å². The Hall–Kier alpha value is -2.47. The minimum atomic E-state index is -4.47. The van der Waals surface area contributed by atoms with E-state index >= 15 is 0 Å². The largest absolute Gasteiger partial charge is 0.421 e. The Kier molecular flexibility index (Phi) is 4.18. The second-order valence-corrected chi connectivity index (χ2v) is 3.53. The highest BCUT2D eigenvalue weighted by atomic mass is 19.4. The Morgan fingerprint density at radius 2 is 1.74 bits per heavy atom. The van der Waals surface area contributed by atoms with Crippen molar-refractivity contribution in [3.63, 3.8) is 0 Å². The lowest BCUT2D eigenvalue weighted by Crippen LogP contribution is -2.29. The van der Waals surface area contributed by atoms with Gasteiger partial charge in [0.2, 0.25) is 5.78 Å². The van der Waals surface area contributed by atoms with E-state index in [0.29, 0.717) is 0 Å². The van der Waals surface area contributed by atoms with Crippen LogP contribution < -0.4 is 5.32 Å². The number of anilines is 1. The van der Waals surface area contributed by atoms with E-state index in [0.717, 1.165) is 31.2 Å². The van der Waals surface area contributed by atoms with Gasteiger partial charge in [0.15, 0.2) is 0 Å². The fourth-order valence-electron chi connectivity index (χ4n) is 1.21. The lowest BCUT2D eigenvalue weighted by molar-refractivity contribution is -0.137. The minimum Gasteiger partial charge on any atom is -0.360 e. The van der Waals surface area contributed by atoms with E-state index in [2.05, 4.69) is 10.1 Å². The molecule has 0 radical (unpaired) electrons. The van der Waals surface area contributed by atoms with Gasteiger partial charge < -0.3 is 10.8 Å². The number of nitrogens with zero attached hydrogens (tertiary/aromatic N) is 2. The number of Topliss-reactive ketones (excluding diaryl/α,β-unsaturated/α-hetero) is 1. The van der Waals surface area contributed by atoms with Crippen molar-refractivity contribution in [2.45, 2.75) is 13.1 Å². The highest BCUT2D eigenvalue weighted by Crippen LogP contribution is 2.29. The molecular weight excluding hydrogens is 263 g/mol. The summed E-state index contributed by atoms with van der Waals surface area (Å²) in [7, 11) is 0. The zero-order chi connectivity index (χ0) is 14.6. The molecule has 0 fully saturated rings. The van der Waals surface area contributed by atoms with Crippen LogP contribution >= 0.6 is 0 Å². The van der Waals surface area contributed by atoms with Gasteiger partial charge in [-0.15, -0.1) is 0 Å². The zero-order valence-electron chi connectivity index (χ0n) is 9.65. The first-order valence-electron chi connectivity index (χ1n) is 4.97. The van der Waals surface area contributed by atoms with E-state index in [9.17, 15) is 22.8 Å². The smallest absolute Gasteiger partial charge is 0.360 e. The molecule has 19 heavy (non-hydrogen) atoms. The quantitative estimate of drug-likeness (QED) is 0.394. The van der Waals surface area contributed by atoms with Gasteiger partial charge in [0.05, 0.1) is 5.56 Å². The van der Waals surface area contributed by atoms with Gasteiger partial charge in [-0.3, -0.25) is 9.59 Å². The summed E-state index contributed by atoms with van der Waals surface area (Å²) in [5.74, 6) is -1.78. The molecular formula is C11H8F3N3O2. The lowest BCUT2D eigenvalue weighted by Gasteiger charge is -2.07. The van der Waals surface area contributed by atoms with Crippen molar-refractivity contribution < 1.29 is 27.6 Å². The average Bonchev–Trinajstić information content (AvgIpc) is 2.28. The molecule has 1 amide bonds. The molecule has 0 spiro atoms. The number of benzene rings is 1. The van der Waals surface area contributed by atoms with Gasteiger partial charge in [0, 0.05) is 12.6 Å². The van der Waals surface area contributed by atoms with E-state index < -0.39 is 29.1 Å². The summed E-state index contributed by atoms with van der Waals surface area (Å²) in [4.78, 5) is 24.8. The number of hydrogen-bond donors (Lipinski definition) is 1. The van der Waals surface area contributed by atoms with Gasteiger partial charge in [-0.05, 0) is 24.3 Å². The first kappa shape index (κ1) is 14.6. The molecule has 0 unspecified atom stereocenters. The standard InChI is InChI=1S/C11H8F3N3O2/c1-6(18)9(17-15)10(19)16-8-4-2-7(3-5-8)11(12,13)14/h2-5H,1H3,(H,16,19). The molecule has 1 N–H and O–H groups in total. The predicted molar refractivity (Wildman–Crippen MR) is 59.4 cm³/mol. The van der Waals surface area contributed by atoms with Gasteiger partial charge in [-0.25, -0.2) is 0 Å². The number of amides is 1. The summed E-state index contributed by atoms with van der Waals surface area (Å²) >= 11 is 0. The second-order valence-electron chi connectivity index (χ2n) is 3.53. The van der Waals surface area contributed by atoms with Crippen LogP contribution in [0, 0.1) is 0 Å². The van der Waals surface area contributed by atoms with Crippen molar-refractivity contribution in [2.75, 3.05) is 5.32 Å². The summed E-state index contributed by atoms with van der Waals surface area (Å²) in [5.41, 5.74) is 6.89. The molecule has 0 saturated carbocycles. The summed E-state index contributed by atoms with van der Waals surface area (Å²) in [6.07, 6.45) is -4.47. The van der Waals surface area contributed by atoms with Crippen molar-refractivity contribution in [1.82, 2.24) is 0 Å². The third-order valence-corrected chi connectivity index (χ3v) is 2.12. The molecule has 0 aliphatic carbocycles. The van der Waals surface area contributed by atoms with E-state index in [-0.39, 0.29) is 5.69 Å². The van der Waals surface area contributed by atoms with E-state index in [1.54, 1.807) is 0 Å². The van der Waals surface area contributed by atoms with Crippen LogP contribution in [0.25, 0.3) is 5.53 Å². The normalized spacial score (nSPS) is 10.5. The zero-order valence-corrected chi connectivity index (χ0v) is 9.65. The monoisotopic (exact) mass is 271 g/mol. The van der Waals surface area contributed by atoms with Gasteiger partial charge >= 0.3 is 17.8 Å². The molecule has 0 heterocycles. The third kappa shape index (κ3) is 3.75. The van der Waals surface area contributed by atoms with Crippen LogP contribution in [-0.2, 0) is 15.8 Å². The summed E-state index contributed by atoms with van der Waals surface area (Å²) in [6, 6.07) is 3.60. The highest BCUT2D eigenvalue weighted by Gasteiger charge is 2.30. The van der Waals surface area contributed by atoms with Crippen LogP contribution in [0.1, 0.15) is 12.5 Å². The molecule has 0 saturated heterocycles. The Balaban J connectivity index is 2.88. The number of hydrogen-bond acceptors (Lipinski definition) is 2. The van der Waals surface area contributed by atoms with Crippen molar-refractivity contribution in [3.05, 3.63) is 35.4 Å². The maximum atomic E-state index is 12.3. The Labute approximate surface area is 105 Å². The predicted octanol–water partition coefficient (Wildman–Crippen LogP) is 1.90. The summed E-state index contributed by atoms with van der Waals surface area (Å²) in [6.45, 7) is 1.02. The van der Waals surface area contributed by atoms with Crippen LogP contribution in [0.15, 0.2) is 24.3 Å². The fourth-order valence-corrected chi connectivity index (χ4v) is 1.21. The van der Waals surface area contributed by atoms with Crippen molar-refractivity contribution in [3.8, 4) is 0 Å². The van der Waals surface area contributed by atoms with E-state index in [1.807, 2.05) is 0 Å². The highest BCUT2D eigenvalue weighted by molar-refractivity contribution is 6.65. The van der Waals surface area contributed by atoms with Gasteiger partial charge in [0.1, 0.15) is 0 Å². The molecule has 8 heteroatoms. The van der Waals surface area contributed by atoms with Crippen molar-refractivity contribution in [1.29, 1.82) is 0 Å². The number of halogens is 3. The Bertz CT molecular complexity index is 558. The van der Waals surface area contributed by atoms with Crippen LogP contribution in [-0.4, -0.2) is 22.2 Å². The number of carbonyl (C=O) groups is 2. The van der Waals surface area contributed by atoms with Crippen LogP contribution in [0.2, 0.25) is 0 Å².